The van der Waals surface area contributed by atoms with Gasteiger partial charge >= 0.3 is 0 Å². The molecule has 4 nitrogen and oxygen atoms in total. The first-order valence-electron chi connectivity index (χ1n) is 12.2. The van der Waals surface area contributed by atoms with Crippen molar-refractivity contribution in [3.63, 3.8) is 0 Å². The van der Waals surface area contributed by atoms with Gasteiger partial charge in [0.2, 0.25) is 0 Å². The van der Waals surface area contributed by atoms with E-state index in [1.165, 1.54) is 0 Å². The number of carbonyl (C=O) groups excluding carboxylic acids is 1. The average Bonchev–Trinajstić information content (AvgIpc) is 2.96. The molecule has 0 N–H and O–H groups in total. The van der Waals surface area contributed by atoms with Crippen LogP contribution in [0, 0.1) is 0 Å². The number of pyridine rings is 1. The van der Waals surface area contributed by atoms with Crippen LogP contribution in [-0.4, -0.2) is 17.5 Å². The molecule has 0 saturated carbocycles. The maximum absolute atomic E-state index is 12.9. The fraction of sp³-hybridized carbons (Fsp3) is 0.0625. The topological polar surface area (TPSA) is 42.4 Å². The number of nitrogens with zero attached hydrogens (tertiary/aromatic N) is 2. The van der Waals surface area contributed by atoms with Crippen LogP contribution in [0.3, 0.4) is 0 Å². The van der Waals surface area contributed by atoms with E-state index in [4.69, 9.17) is 32.9 Å². The molecular formula is C32H22Cl2N2O2. The smallest absolute Gasteiger partial charge is 0.265 e. The maximum Gasteiger partial charge on any atom is 0.265 e. The third-order valence-corrected chi connectivity index (χ3v) is 7.03. The van der Waals surface area contributed by atoms with Crippen molar-refractivity contribution < 1.29 is 9.53 Å². The highest BCUT2D eigenvalue weighted by Gasteiger charge is 2.26. The zero-order valence-corrected chi connectivity index (χ0v) is 21.8. The van der Waals surface area contributed by atoms with E-state index in [0.29, 0.717) is 28.0 Å². The standard InChI is InChI=1S/C32H22Cl2N2O2/c33-26-11-6-21(7-12-26)19-36-30-18-24(10-15-31(30)38-20-32(36)37)29-17-25(22-4-2-1-3-5-22)16-28(35-29)23-8-13-27(34)14-9-23/h1-18H,19-20H2. The minimum Gasteiger partial charge on any atom is -0.482 e. The van der Waals surface area contributed by atoms with E-state index in [-0.39, 0.29) is 12.5 Å². The number of fused-ring (bicyclic) bond motifs is 1. The van der Waals surface area contributed by atoms with Gasteiger partial charge in [0.25, 0.3) is 5.91 Å². The van der Waals surface area contributed by atoms with Gasteiger partial charge in [-0.2, -0.15) is 0 Å². The molecule has 5 aromatic rings. The number of amides is 1. The van der Waals surface area contributed by atoms with Gasteiger partial charge < -0.3 is 9.64 Å². The summed E-state index contributed by atoms with van der Waals surface area (Å²) < 4.78 is 5.77. The molecule has 186 valence electrons. The van der Waals surface area contributed by atoms with Crippen molar-refractivity contribution >= 4 is 34.8 Å². The Labute approximate surface area is 231 Å². The van der Waals surface area contributed by atoms with Crippen LogP contribution in [0.25, 0.3) is 33.6 Å². The summed E-state index contributed by atoms with van der Waals surface area (Å²) in [5, 5.41) is 1.33. The summed E-state index contributed by atoms with van der Waals surface area (Å²) in [5.41, 5.74) is 7.31. The second kappa shape index (κ2) is 10.3. The number of benzene rings is 4. The van der Waals surface area contributed by atoms with Crippen LogP contribution in [0.4, 0.5) is 5.69 Å². The van der Waals surface area contributed by atoms with Crippen molar-refractivity contribution in [2.75, 3.05) is 11.5 Å². The first-order chi connectivity index (χ1) is 18.5. The molecule has 1 amide bonds. The second-order valence-electron chi connectivity index (χ2n) is 9.08. The summed E-state index contributed by atoms with van der Waals surface area (Å²) in [4.78, 5) is 19.7. The van der Waals surface area contributed by atoms with E-state index in [9.17, 15) is 4.79 Å². The second-order valence-corrected chi connectivity index (χ2v) is 9.95. The number of hydrogen-bond acceptors (Lipinski definition) is 3. The van der Waals surface area contributed by atoms with Gasteiger partial charge in [-0.1, -0.05) is 77.8 Å². The molecule has 0 spiro atoms. The van der Waals surface area contributed by atoms with E-state index < -0.39 is 0 Å². The van der Waals surface area contributed by atoms with Gasteiger partial charge in [0.15, 0.2) is 6.61 Å². The number of aromatic nitrogens is 1. The lowest BCUT2D eigenvalue weighted by atomic mass is 9.99. The zero-order chi connectivity index (χ0) is 26.1. The van der Waals surface area contributed by atoms with Crippen LogP contribution in [0.15, 0.2) is 109 Å². The molecule has 0 fully saturated rings. The Morgan fingerprint density at radius 2 is 1.32 bits per heavy atom. The molecule has 4 aromatic carbocycles. The summed E-state index contributed by atoms with van der Waals surface area (Å²) in [6.45, 7) is 0.422. The largest absolute Gasteiger partial charge is 0.482 e. The molecular weight excluding hydrogens is 515 g/mol. The van der Waals surface area contributed by atoms with Crippen LogP contribution >= 0.6 is 23.2 Å². The van der Waals surface area contributed by atoms with Crippen LogP contribution in [-0.2, 0) is 11.3 Å². The highest BCUT2D eigenvalue weighted by atomic mass is 35.5. The first kappa shape index (κ1) is 24.2. The minimum absolute atomic E-state index is 0.00237. The highest BCUT2D eigenvalue weighted by Crippen LogP contribution is 2.38. The minimum atomic E-state index is -0.0996. The van der Waals surface area contributed by atoms with Crippen LogP contribution in [0.1, 0.15) is 5.56 Å². The lowest BCUT2D eigenvalue weighted by molar-refractivity contribution is -0.121. The first-order valence-corrected chi connectivity index (χ1v) is 12.9. The molecule has 2 heterocycles. The van der Waals surface area contributed by atoms with Gasteiger partial charge in [0, 0.05) is 21.2 Å². The Morgan fingerprint density at radius 3 is 2.03 bits per heavy atom. The molecule has 0 radical (unpaired) electrons. The van der Waals surface area contributed by atoms with E-state index in [1.807, 2.05) is 84.9 Å². The molecule has 1 aliphatic rings. The Kier molecular flexibility index (Phi) is 6.59. The Morgan fingerprint density at radius 1 is 0.684 bits per heavy atom. The molecule has 0 atom stereocenters. The third kappa shape index (κ3) is 5.01. The van der Waals surface area contributed by atoms with Gasteiger partial charge in [0.05, 0.1) is 23.6 Å². The van der Waals surface area contributed by atoms with Crippen molar-refractivity contribution in [3.05, 3.63) is 125 Å². The number of carbonyl (C=O) groups is 1. The van der Waals surface area contributed by atoms with Crippen molar-refractivity contribution in [2.45, 2.75) is 6.54 Å². The van der Waals surface area contributed by atoms with Crippen molar-refractivity contribution in [1.29, 1.82) is 0 Å². The highest BCUT2D eigenvalue weighted by molar-refractivity contribution is 6.30. The maximum atomic E-state index is 12.9. The normalized spacial score (nSPS) is 12.7. The lowest BCUT2D eigenvalue weighted by Gasteiger charge is -2.30. The molecule has 1 aliphatic heterocycles. The van der Waals surface area contributed by atoms with E-state index in [2.05, 4.69) is 24.3 Å². The summed E-state index contributed by atoms with van der Waals surface area (Å²) in [7, 11) is 0. The van der Waals surface area contributed by atoms with Crippen LogP contribution < -0.4 is 9.64 Å². The number of anilines is 1. The van der Waals surface area contributed by atoms with Gasteiger partial charge in [0.1, 0.15) is 5.75 Å². The molecule has 1 aromatic heterocycles. The van der Waals surface area contributed by atoms with E-state index in [1.54, 1.807) is 4.90 Å². The molecule has 0 unspecified atom stereocenters. The molecule has 0 aliphatic carbocycles. The zero-order valence-electron chi connectivity index (χ0n) is 20.3. The van der Waals surface area contributed by atoms with Gasteiger partial charge in [-0.25, -0.2) is 4.98 Å². The van der Waals surface area contributed by atoms with Crippen molar-refractivity contribution in [1.82, 2.24) is 4.98 Å². The molecule has 0 bridgehead atoms. The summed E-state index contributed by atoms with van der Waals surface area (Å²) >= 11 is 12.2. The number of ether oxygens (including phenoxy) is 1. The quantitative estimate of drug-likeness (QED) is 0.226. The van der Waals surface area contributed by atoms with Gasteiger partial charge in [-0.3, -0.25) is 4.79 Å². The van der Waals surface area contributed by atoms with Crippen LogP contribution in [0.2, 0.25) is 10.0 Å². The monoisotopic (exact) mass is 536 g/mol. The SMILES string of the molecule is O=C1COc2ccc(-c3cc(-c4ccccc4)cc(-c4ccc(Cl)cc4)n3)cc2N1Cc1ccc(Cl)cc1. The van der Waals surface area contributed by atoms with E-state index >= 15 is 0 Å². The summed E-state index contributed by atoms with van der Waals surface area (Å²) in [5.74, 6) is 0.567. The fourth-order valence-electron chi connectivity index (χ4n) is 4.55. The summed E-state index contributed by atoms with van der Waals surface area (Å²) in [6, 6.07) is 35.4. The molecule has 6 rings (SSSR count). The van der Waals surface area contributed by atoms with Crippen LogP contribution in [0.5, 0.6) is 5.75 Å². The van der Waals surface area contributed by atoms with Crippen molar-refractivity contribution in [3.8, 4) is 39.4 Å². The van der Waals surface area contributed by atoms with E-state index in [0.717, 1.165) is 39.2 Å². The Bertz CT molecular complexity index is 1620. The van der Waals surface area contributed by atoms with Gasteiger partial charge in [-0.05, 0) is 71.3 Å². The molecule has 6 heteroatoms. The summed E-state index contributed by atoms with van der Waals surface area (Å²) in [6.07, 6.45) is 0. The Hall–Kier alpha value is -4.12. The molecule has 38 heavy (non-hydrogen) atoms. The number of hydrogen-bond donors (Lipinski definition) is 0. The fourth-order valence-corrected chi connectivity index (χ4v) is 4.80. The number of halogens is 2. The average molecular weight is 537 g/mol. The lowest BCUT2D eigenvalue weighted by Crippen LogP contribution is -2.38. The van der Waals surface area contributed by atoms with Gasteiger partial charge in [-0.15, -0.1) is 0 Å². The Balaban J connectivity index is 1.45. The predicted octanol–water partition coefficient (Wildman–Crippen LogP) is 8.32. The predicted molar refractivity (Wildman–Crippen MR) is 154 cm³/mol. The third-order valence-electron chi connectivity index (χ3n) is 6.52. The number of rotatable bonds is 5. The molecule has 0 saturated heterocycles. The van der Waals surface area contributed by atoms with Crippen molar-refractivity contribution in [2.24, 2.45) is 0 Å².